The summed E-state index contributed by atoms with van der Waals surface area (Å²) in [6, 6.07) is 3.87. The number of anilines is 2. The van der Waals surface area contributed by atoms with Gasteiger partial charge in [0.15, 0.2) is 5.76 Å². The van der Waals surface area contributed by atoms with Crippen molar-refractivity contribution in [1.29, 1.82) is 0 Å². The van der Waals surface area contributed by atoms with E-state index in [-0.39, 0.29) is 18.9 Å². The highest BCUT2D eigenvalue weighted by molar-refractivity contribution is 5.82. The number of carbonyl (C=O) groups excluding carboxylic acids is 1. The molecule has 1 atom stereocenters. The highest BCUT2D eigenvalue weighted by atomic mass is 19.3. The Morgan fingerprint density at radius 2 is 2.19 bits per heavy atom. The minimum absolute atomic E-state index is 0.256. The Bertz CT molecular complexity index is 780. The molecule has 3 rings (SSSR count). The average molecular weight is 368 g/mol. The fourth-order valence-corrected chi connectivity index (χ4v) is 2.92. The summed E-state index contributed by atoms with van der Waals surface area (Å²) in [5.74, 6) is -2.55. The average Bonchev–Trinajstić information content (AvgIpc) is 2.95. The van der Waals surface area contributed by atoms with Crippen molar-refractivity contribution in [1.82, 2.24) is 10.4 Å². The van der Waals surface area contributed by atoms with Gasteiger partial charge < -0.3 is 10.1 Å². The highest BCUT2D eigenvalue weighted by Gasteiger charge is 2.26. The Labute approximate surface area is 148 Å². The largest absolute Gasteiger partial charge is 0.432 e. The number of hydrazine groups is 2. The lowest BCUT2D eigenvalue weighted by Crippen LogP contribution is -2.31. The Balaban J connectivity index is 1.64. The van der Waals surface area contributed by atoms with Crippen LogP contribution in [0.4, 0.5) is 24.5 Å². The first-order valence-corrected chi connectivity index (χ1v) is 8.04. The van der Waals surface area contributed by atoms with E-state index in [1.807, 2.05) is 26.1 Å². The number of amides is 1. The van der Waals surface area contributed by atoms with Crippen molar-refractivity contribution < 1.29 is 22.7 Å². The summed E-state index contributed by atoms with van der Waals surface area (Å²) in [5, 5.41) is 4.47. The number of halogens is 3. The number of nitrogens with one attached hydrogen (secondary N) is 3. The van der Waals surface area contributed by atoms with E-state index in [2.05, 4.69) is 20.9 Å². The zero-order chi connectivity index (χ0) is 18.8. The molecule has 26 heavy (non-hydrogen) atoms. The monoisotopic (exact) mass is 368 g/mol. The number of alkyl halides is 2. The van der Waals surface area contributed by atoms with E-state index in [9.17, 15) is 18.0 Å². The molecule has 1 aromatic rings. The SMILES string of the molecule is Cc1ccc2c(c1CNC(=O)C1C=CC(OC(F)F)=C(F)C1)NN(C)N2. The molecule has 3 N–H and O–H groups in total. The zero-order valence-corrected chi connectivity index (χ0v) is 14.3. The Hall–Kier alpha value is -2.68. The van der Waals surface area contributed by atoms with Gasteiger partial charge in [-0.1, -0.05) is 12.1 Å². The Kier molecular flexibility index (Phi) is 5.08. The second kappa shape index (κ2) is 7.28. The summed E-state index contributed by atoms with van der Waals surface area (Å²) >= 11 is 0. The van der Waals surface area contributed by atoms with Gasteiger partial charge in [-0.25, -0.2) is 4.39 Å². The van der Waals surface area contributed by atoms with Crippen LogP contribution in [0.1, 0.15) is 17.5 Å². The fraction of sp³-hybridized carbons (Fsp3) is 0.353. The molecule has 2 aliphatic rings. The van der Waals surface area contributed by atoms with E-state index < -0.39 is 24.1 Å². The highest BCUT2D eigenvalue weighted by Crippen LogP contribution is 2.33. The molecule has 1 unspecified atom stereocenters. The first-order chi connectivity index (χ1) is 12.3. The first kappa shape index (κ1) is 18.1. The number of rotatable bonds is 5. The van der Waals surface area contributed by atoms with Gasteiger partial charge in [0, 0.05) is 25.6 Å². The van der Waals surface area contributed by atoms with Crippen LogP contribution in [0.25, 0.3) is 0 Å². The normalized spacial score (nSPS) is 19.2. The van der Waals surface area contributed by atoms with Gasteiger partial charge in [0.1, 0.15) is 5.83 Å². The van der Waals surface area contributed by atoms with Crippen molar-refractivity contribution in [3.05, 3.63) is 47.0 Å². The topological polar surface area (TPSA) is 65.6 Å². The zero-order valence-electron chi connectivity index (χ0n) is 14.3. The van der Waals surface area contributed by atoms with Crippen molar-refractivity contribution >= 4 is 17.3 Å². The van der Waals surface area contributed by atoms with Gasteiger partial charge in [-0.05, 0) is 24.6 Å². The lowest BCUT2D eigenvalue weighted by atomic mass is 9.97. The summed E-state index contributed by atoms with van der Waals surface area (Å²) in [5.41, 5.74) is 9.91. The molecule has 140 valence electrons. The van der Waals surface area contributed by atoms with Crippen LogP contribution in [0.3, 0.4) is 0 Å². The molecule has 0 aromatic heterocycles. The van der Waals surface area contributed by atoms with Crippen LogP contribution in [0.15, 0.2) is 35.9 Å². The van der Waals surface area contributed by atoms with Gasteiger partial charge in [0.25, 0.3) is 0 Å². The van der Waals surface area contributed by atoms with Gasteiger partial charge in [0.05, 0.1) is 17.3 Å². The lowest BCUT2D eigenvalue weighted by Gasteiger charge is -2.19. The number of aryl methyl sites for hydroxylation is 1. The molecule has 1 aliphatic heterocycles. The second-order valence-corrected chi connectivity index (χ2v) is 6.10. The number of carbonyl (C=O) groups is 1. The van der Waals surface area contributed by atoms with Gasteiger partial charge >= 0.3 is 6.61 Å². The maximum atomic E-state index is 13.8. The third kappa shape index (κ3) is 3.77. The van der Waals surface area contributed by atoms with Crippen LogP contribution in [-0.2, 0) is 16.1 Å². The molecule has 1 aromatic carbocycles. The van der Waals surface area contributed by atoms with Crippen molar-refractivity contribution in [2.45, 2.75) is 26.5 Å². The maximum Gasteiger partial charge on any atom is 0.387 e. The van der Waals surface area contributed by atoms with Gasteiger partial charge in [-0.3, -0.25) is 15.6 Å². The van der Waals surface area contributed by atoms with Crippen molar-refractivity contribution in [2.24, 2.45) is 5.92 Å². The van der Waals surface area contributed by atoms with E-state index in [0.717, 1.165) is 28.6 Å². The predicted octanol–water partition coefficient (Wildman–Crippen LogP) is 3.21. The number of fused-ring (bicyclic) bond motifs is 1. The Morgan fingerprint density at radius 1 is 1.42 bits per heavy atom. The molecular weight excluding hydrogens is 349 g/mol. The summed E-state index contributed by atoms with van der Waals surface area (Å²) < 4.78 is 42.3. The molecule has 0 saturated carbocycles. The van der Waals surface area contributed by atoms with Gasteiger partial charge in [-0.2, -0.15) is 8.78 Å². The molecular formula is C17H19F3N4O2. The van der Waals surface area contributed by atoms with Crippen LogP contribution in [0, 0.1) is 12.8 Å². The van der Waals surface area contributed by atoms with E-state index in [4.69, 9.17) is 0 Å². The van der Waals surface area contributed by atoms with Crippen LogP contribution in [0.2, 0.25) is 0 Å². The van der Waals surface area contributed by atoms with E-state index in [1.54, 1.807) is 5.12 Å². The van der Waals surface area contributed by atoms with Gasteiger partial charge in [-0.15, -0.1) is 5.12 Å². The van der Waals surface area contributed by atoms with Crippen LogP contribution in [0.5, 0.6) is 0 Å². The Morgan fingerprint density at radius 3 is 2.88 bits per heavy atom. The van der Waals surface area contributed by atoms with E-state index in [0.29, 0.717) is 0 Å². The van der Waals surface area contributed by atoms with E-state index >= 15 is 0 Å². The second-order valence-electron chi connectivity index (χ2n) is 6.10. The molecule has 0 fully saturated rings. The summed E-state index contributed by atoms with van der Waals surface area (Å²) in [6.45, 7) is -0.918. The predicted molar refractivity (Wildman–Crippen MR) is 90.5 cm³/mol. The van der Waals surface area contributed by atoms with Crippen molar-refractivity contribution in [3.63, 3.8) is 0 Å². The van der Waals surface area contributed by atoms with Gasteiger partial charge in [0.2, 0.25) is 5.91 Å². The summed E-state index contributed by atoms with van der Waals surface area (Å²) in [4.78, 5) is 12.3. The minimum Gasteiger partial charge on any atom is -0.432 e. The molecule has 9 heteroatoms. The summed E-state index contributed by atoms with van der Waals surface area (Å²) in [7, 11) is 1.82. The van der Waals surface area contributed by atoms with E-state index in [1.165, 1.54) is 6.08 Å². The molecule has 0 spiro atoms. The van der Waals surface area contributed by atoms with Crippen LogP contribution in [-0.4, -0.2) is 24.7 Å². The van der Waals surface area contributed by atoms with Crippen LogP contribution < -0.4 is 16.2 Å². The number of benzene rings is 1. The number of hydrogen-bond acceptors (Lipinski definition) is 5. The van der Waals surface area contributed by atoms with Crippen molar-refractivity contribution in [3.8, 4) is 0 Å². The first-order valence-electron chi connectivity index (χ1n) is 8.04. The third-order valence-corrected chi connectivity index (χ3v) is 4.25. The van der Waals surface area contributed by atoms with Crippen molar-refractivity contribution in [2.75, 3.05) is 17.9 Å². The number of hydrogen-bond donors (Lipinski definition) is 3. The molecule has 1 heterocycles. The maximum absolute atomic E-state index is 13.8. The lowest BCUT2D eigenvalue weighted by molar-refractivity contribution is -0.124. The standard InChI is InChI=1S/C17H19F3N4O2/c1-9-3-5-13-15(23-24(2)22-13)11(9)8-21-16(25)10-4-6-14(12(18)7-10)26-17(19)20/h3-6,10,17,22-23H,7-8H2,1-2H3,(H,21,25). The third-order valence-electron chi connectivity index (χ3n) is 4.25. The fourth-order valence-electron chi connectivity index (χ4n) is 2.92. The molecule has 0 bridgehead atoms. The molecule has 0 saturated heterocycles. The number of ether oxygens (including phenoxy) is 1. The molecule has 0 radical (unpaired) electrons. The quantitative estimate of drug-likeness (QED) is 0.745. The number of nitrogens with zero attached hydrogens (tertiary/aromatic N) is 1. The molecule has 1 aliphatic carbocycles. The molecule has 6 nitrogen and oxygen atoms in total. The smallest absolute Gasteiger partial charge is 0.387 e. The molecule has 1 amide bonds. The number of allylic oxidation sites excluding steroid dienone is 2. The summed E-state index contributed by atoms with van der Waals surface area (Å²) in [6.07, 6.45) is 2.13. The minimum atomic E-state index is -3.10. The van der Waals surface area contributed by atoms with Crippen LogP contribution >= 0.6 is 0 Å².